The van der Waals surface area contributed by atoms with E-state index >= 15 is 0 Å². The van der Waals surface area contributed by atoms with Crippen molar-refractivity contribution in [1.82, 2.24) is 4.90 Å². The molecule has 0 aliphatic carbocycles. The fourth-order valence-electron chi connectivity index (χ4n) is 3.39. The van der Waals surface area contributed by atoms with Gasteiger partial charge < -0.3 is 5.11 Å². The molecule has 1 aliphatic heterocycles. The average molecular weight is 267 g/mol. The van der Waals surface area contributed by atoms with Gasteiger partial charge in [0.2, 0.25) is 0 Å². The summed E-state index contributed by atoms with van der Waals surface area (Å²) in [6.07, 6.45) is 4.23. The molecule has 1 saturated heterocycles. The molecule has 3 heteroatoms. The van der Waals surface area contributed by atoms with Gasteiger partial charge in [0.1, 0.15) is 0 Å². The van der Waals surface area contributed by atoms with Crippen LogP contribution in [-0.4, -0.2) is 28.6 Å². The number of thiophene rings is 1. The maximum absolute atomic E-state index is 10.9. The Morgan fingerprint density at radius 1 is 1.33 bits per heavy atom. The van der Waals surface area contributed by atoms with E-state index in [-0.39, 0.29) is 11.6 Å². The third-order valence-corrected chi connectivity index (χ3v) is 5.52. The highest BCUT2D eigenvalue weighted by atomic mass is 32.1. The normalized spacial score (nSPS) is 19.3. The van der Waals surface area contributed by atoms with Gasteiger partial charge in [-0.3, -0.25) is 4.90 Å². The Kier molecular flexibility index (Phi) is 4.46. The maximum Gasteiger partial charge on any atom is 0.0983 e. The van der Waals surface area contributed by atoms with Crippen LogP contribution >= 0.6 is 11.3 Å². The molecule has 0 spiro atoms. The number of hydrogen-bond acceptors (Lipinski definition) is 3. The van der Waals surface area contributed by atoms with Crippen LogP contribution in [0.5, 0.6) is 0 Å². The molecule has 0 bridgehead atoms. The summed E-state index contributed by atoms with van der Waals surface area (Å²) in [5.41, 5.74) is 1.07. The average Bonchev–Trinajstić information content (AvgIpc) is 3.02. The van der Waals surface area contributed by atoms with Crippen molar-refractivity contribution >= 4 is 11.3 Å². The number of aliphatic hydroxyl groups excluding tert-OH is 1. The largest absolute Gasteiger partial charge is 0.386 e. The van der Waals surface area contributed by atoms with Gasteiger partial charge in [-0.1, -0.05) is 13.8 Å². The Morgan fingerprint density at radius 2 is 1.94 bits per heavy atom. The SMILES string of the molecule is CCC(CC)(C(O)c1ccsc1C)N1CCCC1. The van der Waals surface area contributed by atoms with E-state index in [2.05, 4.69) is 37.1 Å². The molecule has 2 nitrogen and oxygen atoms in total. The van der Waals surface area contributed by atoms with Crippen LogP contribution in [0.1, 0.15) is 56.1 Å². The second-order valence-corrected chi connectivity index (χ2v) is 6.46. The third-order valence-electron chi connectivity index (χ3n) is 4.66. The predicted octanol–water partition coefficient (Wildman–Crippen LogP) is 3.74. The summed E-state index contributed by atoms with van der Waals surface area (Å²) in [6.45, 7) is 8.83. The van der Waals surface area contributed by atoms with Crippen LogP contribution < -0.4 is 0 Å². The zero-order valence-electron chi connectivity index (χ0n) is 11.8. The Labute approximate surface area is 115 Å². The number of nitrogens with zero attached hydrogens (tertiary/aromatic N) is 1. The number of aliphatic hydroxyl groups is 1. The van der Waals surface area contributed by atoms with E-state index in [0.717, 1.165) is 31.5 Å². The van der Waals surface area contributed by atoms with Gasteiger partial charge in [-0.15, -0.1) is 11.3 Å². The van der Waals surface area contributed by atoms with Crippen molar-refractivity contribution in [2.24, 2.45) is 0 Å². The molecule has 0 saturated carbocycles. The summed E-state index contributed by atoms with van der Waals surface area (Å²) in [4.78, 5) is 3.78. The smallest absolute Gasteiger partial charge is 0.0983 e. The van der Waals surface area contributed by atoms with Crippen molar-refractivity contribution in [2.75, 3.05) is 13.1 Å². The van der Waals surface area contributed by atoms with Gasteiger partial charge in [-0.25, -0.2) is 0 Å². The quantitative estimate of drug-likeness (QED) is 0.878. The highest BCUT2D eigenvalue weighted by Crippen LogP contribution is 2.41. The van der Waals surface area contributed by atoms with Gasteiger partial charge in [0.15, 0.2) is 0 Å². The third kappa shape index (κ3) is 2.24. The van der Waals surface area contributed by atoms with Crippen molar-refractivity contribution in [3.05, 3.63) is 21.9 Å². The molecule has 0 radical (unpaired) electrons. The van der Waals surface area contributed by atoms with E-state index < -0.39 is 0 Å². The van der Waals surface area contributed by atoms with E-state index in [1.165, 1.54) is 17.7 Å². The lowest BCUT2D eigenvalue weighted by Crippen LogP contribution is -2.51. The van der Waals surface area contributed by atoms with Crippen molar-refractivity contribution in [1.29, 1.82) is 0 Å². The Bertz CT molecular complexity index is 378. The van der Waals surface area contributed by atoms with Crippen molar-refractivity contribution in [2.45, 2.75) is 58.1 Å². The molecule has 1 fully saturated rings. The van der Waals surface area contributed by atoms with E-state index in [1.807, 2.05) is 0 Å². The molecule has 1 atom stereocenters. The minimum absolute atomic E-state index is 0.0671. The second-order valence-electron chi connectivity index (χ2n) is 5.34. The second kappa shape index (κ2) is 5.72. The summed E-state index contributed by atoms with van der Waals surface area (Å²) < 4.78 is 0. The number of rotatable bonds is 5. The lowest BCUT2D eigenvalue weighted by atomic mass is 9.81. The molecule has 2 heterocycles. The lowest BCUT2D eigenvalue weighted by molar-refractivity contribution is -0.0295. The molecule has 18 heavy (non-hydrogen) atoms. The fourth-order valence-corrected chi connectivity index (χ4v) is 4.12. The molecule has 1 unspecified atom stereocenters. The summed E-state index contributed by atoms with van der Waals surface area (Å²) in [6, 6.07) is 2.10. The Morgan fingerprint density at radius 3 is 2.39 bits per heavy atom. The van der Waals surface area contributed by atoms with Crippen LogP contribution in [0.25, 0.3) is 0 Å². The number of aryl methyl sites for hydroxylation is 1. The molecule has 0 amide bonds. The van der Waals surface area contributed by atoms with Crippen LogP contribution in [0.4, 0.5) is 0 Å². The topological polar surface area (TPSA) is 23.5 Å². The van der Waals surface area contributed by atoms with Gasteiger partial charge in [-0.2, -0.15) is 0 Å². The molecule has 1 aliphatic rings. The number of hydrogen-bond donors (Lipinski definition) is 1. The van der Waals surface area contributed by atoms with Crippen molar-refractivity contribution < 1.29 is 5.11 Å². The Hall–Kier alpha value is -0.380. The van der Waals surface area contributed by atoms with E-state index in [1.54, 1.807) is 11.3 Å². The van der Waals surface area contributed by atoms with Gasteiger partial charge in [-0.05, 0) is 62.7 Å². The van der Waals surface area contributed by atoms with Crippen molar-refractivity contribution in [3.8, 4) is 0 Å². The molecule has 1 N–H and O–H groups in total. The molecule has 0 aromatic carbocycles. The fraction of sp³-hybridized carbons (Fsp3) is 0.733. The first-order chi connectivity index (χ1) is 8.65. The monoisotopic (exact) mass is 267 g/mol. The van der Waals surface area contributed by atoms with Crippen LogP contribution in [0, 0.1) is 6.92 Å². The first-order valence-electron chi connectivity index (χ1n) is 7.12. The van der Waals surface area contributed by atoms with Gasteiger partial charge >= 0.3 is 0 Å². The molecule has 102 valence electrons. The predicted molar refractivity (Wildman–Crippen MR) is 78.1 cm³/mol. The summed E-state index contributed by atoms with van der Waals surface area (Å²) >= 11 is 1.73. The molecular formula is C15H25NOS. The van der Waals surface area contributed by atoms with Crippen LogP contribution in [0.15, 0.2) is 11.4 Å². The summed E-state index contributed by atoms with van der Waals surface area (Å²) in [5, 5.41) is 13.0. The van der Waals surface area contributed by atoms with Crippen LogP contribution in [0.2, 0.25) is 0 Å². The lowest BCUT2D eigenvalue weighted by Gasteiger charge is -2.44. The first kappa shape index (κ1) is 14.0. The minimum Gasteiger partial charge on any atom is -0.386 e. The highest BCUT2D eigenvalue weighted by molar-refractivity contribution is 7.10. The standard InChI is InChI=1S/C15H25NOS/c1-4-15(5-2,16-9-6-7-10-16)14(17)13-8-11-18-12(13)3/h8,11,14,17H,4-7,9-10H2,1-3H3. The zero-order valence-corrected chi connectivity index (χ0v) is 12.6. The zero-order chi connectivity index (χ0) is 13.2. The van der Waals surface area contributed by atoms with Crippen LogP contribution in [-0.2, 0) is 0 Å². The maximum atomic E-state index is 10.9. The van der Waals surface area contributed by atoms with E-state index in [9.17, 15) is 5.11 Å². The summed E-state index contributed by atoms with van der Waals surface area (Å²) in [5.74, 6) is 0. The van der Waals surface area contributed by atoms with Gasteiger partial charge in [0.25, 0.3) is 0 Å². The Balaban J connectivity index is 2.31. The van der Waals surface area contributed by atoms with E-state index in [0.29, 0.717) is 0 Å². The van der Waals surface area contributed by atoms with Gasteiger partial charge in [0.05, 0.1) is 11.6 Å². The van der Waals surface area contributed by atoms with Crippen molar-refractivity contribution in [3.63, 3.8) is 0 Å². The number of likely N-dealkylation sites (tertiary alicyclic amines) is 1. The molecular weight excluding hydrogens is 242 g/mol. The summed E-state index contributed by atoms with van der Waals surface area (Å²) in [7, 11) is 0. The molecule has 2 rings (SSSR count). The molecule has 1 aromatic heterocycles. The van der Waals surface area contributed by atoms with Gasteiger partial charge in [0, 0.05) is 4.88 Å². The molecule has 1 aromatic rings. The minimum atomic E-state index is -0.350. The van der Waals surface area contributed by atoms with Crippen LogP contribution in [0.3, 0.4) is 0 Å². The first-order valence-corrected chi connectivity index (χ1v) is 8.00. The van der Waals surface area contributed by atoms with E-state index in [4.69, 9.17) is 0 Å². The highest BCUT2D eigenvalue weighted by Gasteiger charge is 2.42.